The lowest BCUT2D eigenvalue weighted by Gasteiger charge is -2.34. The molecule has 2 atom stereocenters. The average molecular weight is 482 g/mol. The van der Waals surface area contributed by atoms with Gasteiger partial charge in [-0.1, -0.05) is 58.7 Å². The van der Waals surface area contributed by atoms with Gasteiger partial charge in [0, 0.05) is 10.0 Å². The summed E-state index contributed by atoms with van der Waals surface area (Å²) >= 11 is 12.1. The Morgan fingerprint density at radius 2 is 1.61 bits per heavy atom. The predicted molar refractivity (Wildman–Crippen MR) is 129 cm³/mol. The number of benzene rings is 3. The molecule has 0 saturated carbocycles. The third-order valence-electron chi connectivity index (χ3n) is 5.79. The Bertz CT molecular complexity index is 1240. The van der Waals surface area contributed by atoms with Crippen molar-refractivity contribution in [2.75, 3.05) is 5.32 Å². The topological polar surface area (TPSA) is 82.0 Å². The second kappa shape index (κ2) is 9.25. The number of oxime groups is 1. The Balaban J connectivity index is 1.89. The fourth-order valence-electron chi connectivity index (χ4n) is 3.96. The first-order valence-corrected chi connectivity index (χ1v) is 11.0. The number of hydrogen-bond donors (Lipinski definition) is 2. The van der Waals surface area contributed by atoms with Gasteiger partial charge in [-0.05, 0) is 66.9 Å². The number of amides is 2. The number of nitrogens with one attached hydrogen (secondary N) is 1. The molecule has 2 amide bonds. The molecule has 1 heterocycles. The summed E-state index contributed by atoms with van der Waals surface area (Å²) in [7, 11) is 0. The minimum Gasteiger partial charge on any atom is -0.411 e. The van der Waals surface area contributed by atoms with E-state index in [1.165, 1.54) is 0 Å². The molecule has 0 fully saturated rings. The second-order valence-corrected chi connectivity index (χ2v) is 8.70. The molecule has 2 N–H and O–H groups in total. The number of anilines is 1. The fraction of sp³-hybridized carbons (Fsp3) is 0.160. The summed E-state index contributed by atoms with van der Waals surface area (Å²) in [5, 5.41) is 16.4. The number of carbonyl (C=O) groups excluding carboxylic acids is 2. The van der Waals surface area contributed by atoms with Crippen LogP contribution in [0.2, 0.25) is 10.0 Å². The molecular weight excluding hydrogens is 461 g/mol. The summed E-state index contributed by atoms with van der Waals surface area (Å²) < 4.78 is 0. The number of fused-ring (bicyclic) bond motifs is 1. The Kier molecular flexibility index (Phi) is 6.40. The van der Waals surface area contributed by atoms with Crippen LogP contribution in [0.1, 0.15) is 53.0 Å². The highest BCUT2D eigenvalue weighted by molar-refractivity contribution is 6.30. The van der Waals surface area contributed by atoms with Crippen LogP contribution in [0, 0.1) is 0 Å². The number of rotatable bonds is 4. The van der Waals surface area contributed by atoms with Gasteiger partial charge in [-0.15, -0.1) is 0 Å². The Morgan fingerprint density at radius 3 is 2.21 bits per heavy atom. The van der Waals surface area contributed by atoms with Crippen LogP contribution in [0.4, 0.5) is 5.69 Å². The van der Waals surface area contributed by atoms with Crippen molar-refractivity contribution in [3.05, 3.63) is 99.0 Å². The number of carbonyl (C=O) groups is 2. The monoisotopic (exact) mass is 481 g/mol. The number of nitrogens with zero attached hydrogens (tertiary/aromatic N) is 2. The normalized spacial score (nSPS) is 17.3. The minimum atomic E-state index is -0.899. The fourth-order valence-corrected chi connectivity index (χ4v) is 4.21. The molecule has 6 nitrogen and oxygen atoms in total. The van der Waals surface area contributed by atoms with E-state index in [1.807, 2.05) is 19.1 Å². The molecule has 1 aliphatic rings. The molecule has 0 aliphatic carbocycles. The standard InChI is InChI=1S/C25H21Cl2N3O3/c1-14(29-33)18-7-12-22-21(13-18)25(32)30(15(2)16-3-8-19(26)9-4-16)23(24(31)28-22)17-5-10-20(27)11-6-17/h3-13,15,23,33H,1-2H3,(H,28,31)/b29-14+. The van der Waals surface area contributed by atoms with Gasteiger partial charge in [-0.2, -0.15) is 0 Å². The summed E-state index contributed by atoms with van der Waals surface area (Å²) in [6.07, 6.45) is 0. The highest BCUT2D eigenvalue weighted by Crippen LogP contribution is 2.38. The molecule has 1 aliphatic heterocycles. The zero-order chi connectivity index (χ0) is 23.7. The van der Waals surface area contributed by atoms with E-state index >= 15 is 0 Å². The van der Waals surface area contributed by atoms with E-state index in [-0.39, 0.29) is 11.8 Å². The smallest absolute Gasteiger partial charge is 0.257 e. The van der Waals surface area contributed by atoms with Crippen molar-refractivity contribution in [3.8, 4) is 0 Å². The predicted octanol–water partition coefficient (Wildman–Crippen LogP) is 6.09. The van der Waals surface area contributed by atoms with E-state index in [0.717, 1.165) is 5.56 Å². The maximum Gasteiger partial charge on any atom is 0.257 e. The molecule has 168 valence electrons. The van der Waals surface area contributed by atoms with Gasteiger partial charge in [0.1, 0.15) is 6.04 Å². The van der Waals surface area contributed by atoms with Gasteiger partial charge >= 0.3 is 0 Å². The average Bonchev–Trinajstić information content (AvgIpc) is 2.92. The molecule has 3 aromatic carbocycles. The molecule has 2 unspecified atom stereocenters. The third-order valence-corrected chi connectivity index (χ3v) is 6.30. The molecule has 33 heavy (non-hydrogen) atoms. The van der Waals surface area contributed by atoms with Gasteiger partial charge in [0.15, 0.2) is 0 Å². The lowest BCUT2D eigenvalue weighted by Crippen LogP contribution is -2.40. The second-order valence-electron chi connectivity index (χ2n) is 7.83. The van der Waals surface area contributed by atoms with Gasteiger partial charge in [0.25, 0.3) is 11.8 Å². The van der Waals surface area contributed by atoms with Crippen molar-refractivity contribution >= 4 is 46.4 Å². The zero-order valence-electron chi connectivity index (χ0n) is 17.9. The summed E-state index contributed by atoms with van der Waals surface area (Å²) in [6.45, 7) is 3.50. The van der Waals surface area contributed by atoms with Crippen LogP contribution in [0.25, 0.3) is 0 Å². The molecule has 0 saturated heterocycles. The van der Waals surface area contributed by atoms with E-state index in [9.17, 15) is 14.8 Å². The molecule has 0 radical (unpaired) electrons. The van der Waals surface area contributed by atoms with E-state index in [1.54, 1.807) is 66.4 Å². The summed E-state index contributed by atoms with van der Waals surface area (Å²) in [5.41, 5.74) is 3.08. The van der Waals surface area contributed by atoms with Crippen molar-refractivity contribution in [3.63, 3.8) is 0 Å². The van der Waals surface area contributed by atoms with E-state index in [0.29, 0.717) is 38.1 Å². The van der Waals surface area contributed by atoms with Gasteiger partial charge < -0.3 is 15.4 Å². The van der Waals surface area contributed by atoms with Crippen LogP contribution in [0.5, 0.6) is 0 Å². The maximum atomic E-state index is 14.0. The lowest BCUT2D eigenvalue weighted by atomic mass is 9.98. The number of hydrogen-bond acceptors (Lipinski definition) is 4. The van der Waals surface area contributed by atoms with Crippen LogP contribution in [-0.2, 0) is 4.79 Å². The van der Waals surface area contributed by atoms with Gasteiger partial charge in [0.2, 0.25) is 0 Å². The largest absolute Gasteiger partial charge is 0.411 e. The van der Waals surface area contributed by atoms with Gasteiger partial charge in [-0.25, -0.2) is 0 Å². The lowest BCUT2D eigenvalue weighted by molar-refractivity contribution is -0.121. The van der Waals surface area contributed by atoms with E-state index in [4.69, 9.17) is 23.2 Å². The summed E-state index contributed by atoms with van der Waals surface area (Å²) in [5.74, 6) is -0.677. The molecule has 0 aromatic heterocycles. The Labute approximate surface area is 201 Å². The van der Waals surface area contributed by atoms with Crippen LogP contribution >= 0.6 is 23.2 Å². The molecule has 3 aromatic rings. The number of halogens is 2. The summed E-state index contributed by atoms with van der Waals surface area (Å²) in [4.78, 5) is 29.0. The minimum absolute atomic E-state index is 0.307. The van der Waals surface area contributed by atoms with Crippen LogP contribution in [-0.4, -0.2) is 27.6 Å². The first kappa shape index (κ1) is 22.8. The highest BCUT2D eigenvalue weighted by atomic mass is 35.5. The molecule has 8 heteroatoms. The van der Waals surface area contributed by atoms with Crippen molar-refractivity contribution in [2.24, 2.45) is 5.16 Å². The van der Waals surface area contributed by atoms with Crippen molar-refractivity contribution < 1.29 is 14.8 Å². The maximum absolute atomic E-state index is 14.0. The quantitative estimate of drug-likeness (QED) is 0.268. The van der Waals surface area contributed by atoms with Crippen LogP contribution in [0.15, 0.2) is 71.9 Å². The van der Waals surface area contributed by atoms with E-state index in [2.05, 4.69) is 10.5 Å². The van der Waals surface area contributed by atoms with Crippen molar-refractivity contribution in [1.29, 1.82) is 0 Å². The molecule has 4 rings (SSSR count). The van der Waals surface area contributed by atoms with Gasteiger partial charge in [0.05, 0.1) is 23.0 Å². The molecular formula is C25H21Cl2N3O3. The van der Waals surface area contributed by atoms with Crippen LogP contribution < -0.4 is 5.32 Å². The first-order chi connectivity index (χ1) is 15.8. The molecule has 0 bridgehead atoms. The summed E-state index contributed by atoms with van der Waals surface area (Å²) in [6, 6.07) is 17.6. The van der Waals surface area contributed by atoms with E-state index < -0.39 is 12.1 Å². The first-order valence-electron chi connectivity index (χ1n) is 10.3. The Morgan fingerprint density at radius 1 is 1.00 bits per heavy atom. The highest BCUT2D eigenvalue weighted by Gasteiger charge is 2.39. The van der Waals surface area contributed by atoms with Crippen molar-refractivity contribution in [1.82, 2.24) is 4.90 Å². The Hall–Kier alpha value is -3.35. The zero-order valence-corrected chi connectivity index (χ0v) is 19.4. The third kappa shape index (κ3) is 4.45. The van der Waals surface area contributed by atoms with Crippen molar-refractivity contribution in [2.45, 2.75) is 25.9 Å². The van der Waals surface area contributed by atoms with Gasteiger partial charge in [-0.3, -0.25) is 9.59 Å². The molecule has 0 spiro atoms. The van der Waals surface area contributed by atoms with Crippen LogP contribution in [0.3, 0.4) is 0 Å². The SMILES string of the molecule is C/C(=N\O)c1ccc2c(c1)C(=O)N(C(C)c1ccc(Cl)cc1)C(c1ccc(Cl)cc1)C(=O)N2.